The van der Waals surface area contributed by atoms with E-state index in [2.05, 4.69) is 29.4 Å². The van der Waals surface area contributed by atoms with Crippen molar-refractivity contribution in [2.45, 2.75) is 26.3 Å². The first-order valence-electron chi connectivity index (χ1n) is 7.16. The van der Waals surface area contributed by atoms with Gasteiger partial charge in [-0.2, -0.15) is 5.10 Å². The molecule has 1 amide bonds. The molecule has 0 aliphatic carbocycles. The summed E-state index contributed by atoms with van der Waals surface area (Å²) in [4.78, 5) is 12.5. The van der Waals surface area contributed by atoms with Crippen LogP contribution in [-0.4, -0.2) is 20.7 Å². The van der Waals surface area contributed by atoms with Crippen LogP contribution >= 0.6 is 35.4 Å². The summed E-state index contributed by atoms with van der Waals surface area (Å²) in [5, 5.41) is 10.8. The lowest BCUT2D eigenvalue weighted by Crippen LogP contribution is -2.31. The SMILES string of the molecule is CC(C)CC(NC(=O)c1ccc(Cl)cc1Cl)c1n[nH]c(=S)n1C. The highest BCUT2D eigenvalue weighted by Gasteiger charge is 2.22. The summed E-state index contributed by atoms with van der Waals surface area (Å²) in [6.07, 6.45) is 0.727. The van der Waals surface area contributed by atoms with Gasteiger partial charge < -0.3 is 9.88 Å². The number of nitrogens with zero attached hydrogens (tertiary/aromatic N) is 2. The second-order valence-electron chi connectivity index (χ2n) is 5.73. The Labute approximate surface area is 150 Å². The lowest BCUT2D eigenvalue weighted by molar-refractivity contribution is 0.0929. The fraction of sp³-hybridized carbons (Fsp3) is 0.400. The largest absolute Gasteiger partial charge is 0.342 e. The summed E-state index contributed by atoms with van der Waals surface area (Å²) in [6.45, 7) is 4.16. The molecule has 0 fully saturated rings. The van der Waals surface area contributed by atoms with E-state index in [0.29, 0.717) is 32.1 Å². The third-order valence-corrected chi connectivity index (χ3v) is 4.33. The standard InChI is InChI=1S/C15H18Cl2N4OS/c1-8(2)6-12(13-19-20-15(23)21(13)3)18-14(22)10-5-4-9(16)7-11(10)17/h4-5,7-8,12H,6H2,1-3H3,(H,18,22)(H,20,23). The van der Waals surface area contributed by atoms with Gasteiger partial charge in [0.15, 0.2) is 10.6 Å². The number of carbonyl (C=O) groups is 1. The predicted molar refractivity (Wildman–Crippen MR) is 94.5 cm³/mol. The first-order valence-corrected chi connectivity index (χ1v) is 8.33. The number of benzene rings is 1. The number of halogens is 2. The minimum Gasteiger partial charge on any atom is -0.342 e. The number of hydrogen-bond acceptors (Lipinski definition) is 3. The van der Waals surface area contributed by atoms with Crippen molar-refractivity contribution in [1.29, 1.82) is 0 Å². The van der Waals surface area contributed by atoms with Crippen molar-refractivity contribution < 1.29 is 4.79 Å². The molecule has 2 N–H and O–H groups in total. The summed E-state index contributed by atoms with van der Waals surface area (Å²) in [6, 6.07) is 4.52. The monoisotopic (exact) mass is 372 g/mol. The number of aromatic nitrogens is 3. The third-order valence-electron chi connectivity index (χ3n) is 3.41. The van der Waals surface area contributed by atoms with Gasteiger partial charge in [0, 0.05) is 12.1 Å². The summed E-state index contributed by atoms with van der Waals surface area (Å²) < 4.78 is 2.26. The van der Waals surface area contributed by atoms with E-state index in [9.17, 15) is 4.79 Å². The molecule has 0 radical (unpaired) electrons. The fourth-order valence-corrected chi connectivity index (χ4v) is 2.91. The quantitative estimate of drug-likeness (QED) is 0.768. The van der Waals surface area contributed by atoms with E-state index >= 15 is 0 Å². The molecule has 5 nitrogen and oxygen atoms in total. The average molecular weight is 373 g/mol. The first kappa shape index (κ1) is 18.0. The lowest BCUT2D eigenvalue weighted by atomic mass is 10.0. The van der Waals surface area contributed by atoms with Gasteiger partial charge in [-0.3, -0.25) is 9.89 Å². The Morgan fingerprint density at radius 1 is 1.43 bits per heavy atom. The number of aromatic amines is 1. The second kappa shape index (κ2) is 7.47. The van der Waals surface area contributed by atoms with Gasteiger partial charge in [0.05, 0.1) is 16.6 Å². The Kier molecular flexibility index (Phi) is 5.84. The summed E-state index contributed by atoms with van der Waals surface area (Å²) in [5.74, 6) is 0.777. The van der Waals surface area contributed by atoms with Gasteiger partial charge in [-0.1, -0.05) is 37.0 Å². The van der Waals surface area contributed by atoms with Gasteiger partial charge in [-0.15, -0.1) is 0 Å². The van der Waals surface area contributed by atoms with Gasteiger partial charge >= 0.3 is 0 Å². The topological polar surface area (TPSA) is 62.7 Å². The van der Waals surface area contributed by atoms with Crippen molar-refractivity contribution in [2.24, 2.45) is 13.0 Å². The molecule has 0 saturated carbocycles. The molecule has 0 bridgehead atoms. The number of hydrogen-bond donors (Lipinski definition) is 2. The maximum atomic E-state index is 12.5. The highest BCUT2D eigenvalue weighted by molar-refractivity contribution is 7.71. The Morgan fingerprint density at radius 3 is 2.65 bits per heavy atom. The molecule has 1 heterocycles. The maximum absolute atomic E-state index is 12.5. The van der Waals surface area contributed by atoms with Crippen molar-refractivity contribution >= 4 is 41.3 Å². The molecule has 0 aliphatic heterocycles. The van der Waals surface area contributed by atoms with Crippen molar-refractivity contribution in [1.82, 2.24) is 20.1 Å². The zero-order valence-electron chi connectivity index (χ0n) is 13.1. The Morgan fingerprint density at radius 2 is 2.13 bits per heavy atom. The van der Waals surface area contributed by atoms with Gasteiger partial charge in [0.25, 0.3) is 5.91 Å². The number of rotatable bonds is 5. The van der Waals surface area contributed by atoms with Gasteiger partial charge in [-0.25, -0.2) is 0 Å². The number of H-pyrrole nitrogens is 1. The normalized spacial score (nSPS) is 12.4. The molecule has 1 atom stereocenters. The number of carbonyl (C=O) groups excluding carboxylic acids is 1. The van der Waals surface area contributed by atoms with E-state index in [4.69, 9.17) is 35.4 Å². The predicted octanol–water partition coefficient (Wildman–Crippen LogP) is 4.30. The fourth-order valence-electron chi connectivity index (χ4n) is 2.28. The number of nitrogens with one attached hydrogen (secondary N) is 2. The molecule has 1 unspecified atom stereocenters. The average Bonchev–Trinajstić information content (AvgIpc) is 2.77. The van der Waals surface area contributed by atoms with E-state index in [1.165, 1.54) is 0 Å². The second-order valence-corrected chi connectivity index (χ2v) is 6.96. The summed E-state index contributed by atoms with van der Waals surface area (Å²) in [7, 11) is 1.82. The molecule has 0 aliphatic rings. The lowest BCUT2D eigenvalue weighted by Gasteiger charge is -2.20. The van der Waals surface area contributed by atoms with Crippen molar-refractivity contribution in [2.75, 3.05) is 0 Å². The molecule has 124 valence electrons. The van der Waals surface area contributed by atoms with E-state index in [-0.39, 0.29) is 11.9 Å². The van der Waals surface area contributed by atoms with Crippen LogP contribution in [0.2, 0.25) is 10.0 Å². The maximum Gasteiger partial charge on any atom is 0.253 e. The molecule has 1 aromatic heterocycles. The van der Waals surface area contributed by atoms with Crippen molar-refractivity contribution in [3.05, 3.63) is 44.4 Å². The zero-order chi connectivity index (χ0) is 17.1. The smallest absolute Gasteiger partial charge is 0.253 e. The Bertz CT molecular complexity index is 769. The van der Waals surface area contributed by atoms with Crippen LogP contribution in [0.1, 0.15) is 42.5 Å². The molecule has 2 aromatic rings. The summed E-state index contributed by atoms with van der Waals surface area (Å²) in [5.41, 5.74) is 0.376. The minimum absolute atomic E-state index is 0.271. The van der Waals surface area contributed by atoms with Crippen LogP contribution in [0.3, 0.4) is 0 Å². The molecule has 23 heavy (non-hydrogen) atoms. The highest BCUT2D eigenvalue weighted by Crippen LogP contribution is 2.24. The minimum atomic E-state index is -0.272. The molecular weight excluding hydrogens is 355 g/mol. The van der Waals surface area contributed by atoms with Crippen LogP contribution < -0.4 is 5.32 Å². The molecular formula is C15H18Cl2N4OS. The van der Waals surface area contributed by atoms with Crippen LogP contribution in [0.4, 0.5) is 0 Å². The van der Waals surface area contributed by atoms with Crippen molar-refractivity contribution in [3.63, 3.8) is 0 Å². The van der Waals surface area contributed by atoms with E-state index in [1.54, 1.807) is 22.8 Å². The van der Waals surface area contributed by atoms with Crippen LogP contribution in [0.5, 0.6) is 0 Å². The molecule has 1 aromatic carbocycles. The first-order chi connectivity index (χ1) is 10.8. The van der Waals surface area contributed by atoms with E-state index < -0.39 is 0 Å². The Balaban J connectivity index is 2.29. The molecule has 8 heteroatoms. The van der Waals surface area contributed by atoms with Crippen LogP contribution in [0, 0.1) is 10.7 Å². The van der Waals surface area contributed by atoms with Crippen LogP contribution in [0.25, 0.3) is 0 Å². The van der Waals surface area contributed by atoms with Gasteiger partial charge in [-0.05, 0) is 42.8 Å². The zero-order valence-corrected chi connectivity index (χ0v) is 15.4. The highest BCUT2D eigenvalue weighted by atomic mass is 35.5. The summed E-state index contributed by atoms with van der Waals surface area (Å²) >= 11 is 17.1. The van der Waals surface area contributed by atoms with E-state index in [1.807, 2.05) is 7.05 Å². The van der Waals surface area contributed by atoms with Crippen LogP contribution in [-0.2, 0) is 7.05 Å². The Hall–Kier alpha value is -1.37. The van der Waals surface area contributed by atoms with Gasteiger partial charge in [0.2, 0.25) is 0 Å². The van der Waals surface area contributed by atoms with Gasteiger partial charge in [0.1, 0.15) is 0 Å². The molecule has 0 spiro atoms. The number of amides is 1. The molecule has 2 rings (SSSR count). The van der Waals surface area contributed by atoms with Crippen LogP contribution in [0.15, 0.2) is 18.2 Å². The third kappa shape index (κ3) is 4.34. The van der Waals surface area contributed by atoms with Crippen molar-refractivity contribution in [3.8, 4) is 0 Å². The van der Waals surface area contributed by atoms with E-state index in [0.717, 1.165) is 6.42 Å². The molecule has 0 saturated heterocycles.